The molecule has 1 aromatic rings. The van der Waals surface area contributed by atoms with Gasteiger partial charge in [-0.2, -0.15) is 0 Å². The molecule has 0 spiro atoms. The molecule has 2 nitrogen and oxygen atoms in total. The lowest BCUT2D eigenvalue weighted by atomic mass is 9.85. The van der Waals surface area contributed by atoms with Gasteiger partial charge in [-0.25, -0.2) is 0 Å². The van der Waals surface area contributed by atoms with Crippen molar-refractivity contribution in [2.24, 2.45) is 5.73 Å². The van der Waals surface area contributed by atoms with Crippen molar-refractivity contribution >= 4 is 15.9 Å². The lowest BCUT2D eigenvalue weighted by Crippen LogP contribution is -2.62. The van der Waals surface area contributed by atoms with Gasteiger partial charge in [-0.05, 0) is 30.2 Å². The fourth-order valence-electron chi connectivity index (χ4n) is 1.62. The van der Waals surface area contributed by atoms with Crippen molar-refractivity contribution in [1.29, 1.82) is 0 Å². The minimum absolute atomic E-state index is 0.144. The Morgan fingerprint density at radius 3 is 2.54 bits per heavy atom. The van der Waals surface area contributed by atoms with Gasteiger partial charge in [0.15, 0.2) is 0 Å². The van der Waals surface area contributed by atoms with E-state index in [2.05, 4.69) is 46.4 Å². The largest absolute Gasteiger partial charge is 0.319 e. The molecule has 13 heavy (non-hydrogen) atoms. The van der Waals surface area contributed by atoms with Gasteiger partial charge in [0.25, 0.3) is 0 Å². The summed E-state index contributed by atoms with van der Waals surface area (Å²) in [6.45, 7) is 3.84. The van der Waals surface area contributed by atoms with E-state index in [1.807, 2.05) is 0 Å². The second-order valence-electron chi connectivity index (χ2n) is 3.78. The quantitative estimate of drug-likeness (QED) is 0.782. The monoisotopic (exact) mass is 240 g/mol. The molecule has 1 fully saturated rings. The normalized spacial score (nSPS) is 19.6. The van der Waals surface area contributed by atoms with Crippen molar-refractivity contribution < 1.29 is 0 Å². The molecule has 1 aromatic carbocycles. The summed E-state index contributed by atoms with van der Waals surface area (Å²) in [5.74, 6) is 0. The summed E-state index contributed by atoms with van der Waals surface area (Å²) in [7, 11) is 0. The van der Waals surface area contributed by atoms with Crippen LogP contribution in [0, 0.1) is 6.92 Å². The molecule has 1 heterocycles. The first-order chi connectivity index (χ1) is 6.10. The molecule has 0 radical (unpaired) electrons. The Morgan fingerprint density at radius 1 is 1.38 bits per heavy atom. The maximum absolute atomic E-state index is 6.18. The number of halogens is 1. The van der Waals surface area contributed by atoms with E-state index in [0.717, 1.165) is 17.6 Å². The lowest BCUT2D eigenvalue weighted by molar-refractivity contribution is 0.287. The minimum atomic E-state index is -0.144. The Balaban J connectivity index is 2.39. The van der Waals surface area contributed by atoms with Gasteiger partial charge in [0.2, 0.25) is 0 Å². The van der Waals surface area contributed by atoms with Gasteiger partial charge in [-0.15, -0.1) is 0 Å². The Kier molecular flexibility index (Phi) is 2.18. The van der Waals surface area contributed by atoms with Crippen molar-refractivity contribution in [1.82, 2.24) is 5.32 Å². The van der Waals surface area contributed by atoms with Crippen LogP contribution in [0.5, 0.6) is 0 Å². The van der Waals surface area contributed by atoms with Crippen LogP contribution in [0.15, 0.2) is 22.7 Å². The predicted octanol–water partition coefficient (Wildman–Crippen LogP) is 1.51. The standard InChI is InChI=1S/C10H13BrN2/c1-7-2-8(4-9(11)3-7)10(12)5-13-6-10/h2-4,13H,5-6,12H2,1H3. The third kappa shape index (κ3) is 1.64. The minimum Gasteiger partial charge on any atom is -0.319 e. The number of rotatable bonds is 1. The van der Waals surface area contributed by atoms with Crippen LogP contribution in [-0.4, -0.2) is 13.1 Å². The SMILES string of the molecule is Cc1cc(Br)cc(C2(N)CNC2)c1. The molecule has 0 aliphatic carbocycles. The molecule has 2 rings (SSSR count). The van der Waals surface area contributed by atoms with E-state index in [0.29, 0.717) is 0 Å². The highest BCUT2D eigenvalue weighted by Crippen LogP contribution is 2.26. The summed E-state index contributed by atoms with van der Waals surface area (Å²) in [5.41, 5.74) is 8.51. The van der Waals surface area contributed by atoms with Gasteiger partial charge in [0.1, 0.15) is 0 Å². The molecule has 3 N–H and O–H groups in total. The van der Waals surface area contributed by atoms with Crippen molar-refractivity contribution in [2.75, 3.05) is 13.1 Å². The number of nitrogens with one attached hydrogen (secondary N) is 1. The molecule has 0 unspecified atom stereocenters. The zero-order valence-corrected chi connectivity index (χ0v) is 9.19. The molecule has 1 aliphatic heterocycles. The van der Waals surface area contributed by atoms with Crippen molar-refractivity contribution in [3.8, 4) is 0 Å². The van der Waals surface area contributed by atoms with Crippen LogP contribution in [0.2, 0.25) is 0 Å². The summed E-state index contributed by atoms with van der Waals surface area (Å²) in [6, 6.07) is 6.36. The summed E-state index contributed by atoms with van der Waals surface area (Å²) >= 11 is 3.48. The van der Waals surface area contributed by atoms with Gasteiger partial charge >= 0.3 is 0 Å². The van der Waals surface area contributed by atoms with Crippen LogP contribution < -0.4 is 11.1 Å². The molecule has 70 valence electrons. The van der Waals surface area contributed by atoms with Gasteiger partial charge in [0, 0.05) is 17.6 Å². The fraction of sp³-hybridized carbons (Fsp3) is 0.400. The average molecular weight is 241 g/mol. The van der Waals surface area contributed by atoms with Crippen LogP contribution >= 0.6 is 15.9 Å². The molecular weight excluding hydrogens is 228 g/mol. The third-order valence-electron chi connectivity index (χ3n) is 2.50. The zero-order valence-electron chi connectivity index (χ0n) is 7.60. The van der Waals surface area contributed by atoms with Gasteiger partial charge in [-0.3, -0.25) is 0 Å². The molecule has 0 amide bonds. The van der Waals surface area contributed by atoms with E-state index in [4.69, 9.17) is 5.73 Å². The summed E-state index contributed by atoms with van der Waals surface area (Å²) in [6.07, 6.45) is 0. The first-order valence-corrected chi connectivity index (χ1v) is 5.17. The third-order valence-corrected chi connectivity index (χ3v) is 2.96. The number of aryl methyl sites for hydroxylation is 1. The van der Waals surface area contributed by atoms with Crippen LogP contribution in [0.25, 0.3) is 0 Å². The van der Waals surface area contributed by atoms with Gasteiger partial charge in [-0.1, -0.05) is 22.0 Å². The van der Waals surface area contributed by atoms with Crippen LogP contribution in [0.1, 0.15) is 11.1 Å². The van der Waals surface area contributed by atoms with Crippen molar-refractivity contribution in [2.45, 2.75) is 12.5 Å². The maximum atomic E-state index is 6.18. The Bertz CT molecular complexity index is 311. The van der Waals surface area contributed by atoms with E-state index < -0.39 is 0 Å². The summed E-state index contributed by atoms with van der Waals surface area (Å²) in [5, 5.41) is 3.20. The summed E-state index contributed by atoms with van der Waals surface area (Å²) < 4.78 is 1.11. The van der Waals surface area contributed by atoms with E-state index in [9.17, 15) is 0 Å². The Labute approximate surface area is 86.6 Å². The first-order valence-electron chi connectivity index (χ1n) is 4.37. The van der Waals surface area contributed by atoms with Gasteiger partial charge in [0.05, 0.1) is 5.54 Å². The lowest BCUT2D eigenvalue weighted by Gasteiger charge is -2.39. The molecular formula is C10H13BrN2. The van der Waals surface area contributed by atoms with Crippen LogP contribution in [-0.2, 0) is 5.54 Å². The molecule has 1 aliphatic rings. The zero-order chi connectivity index (χ0) is 9.47. The highest BCUT2D eigenvalue weighted by atomic mass is 79.9. The molecule has 0 atom stereocenters. The fourth-order valence-corrected chi connectivity index (χ4v) is 2.23. The highest BCUT2D eigenvalue weighted by molar-refractivity contribution is 9.10. The Morgan fingerprint density at radius 2 is 2.08 bits per heavy atom. The number of nitrogens with two attached hydrogens (primary N) is 1. The van der Waals surface area contributed by atoms with E-state index in [1.54, 1.807) is 0 Å². The molecule has 0 aromatic heterocycles. The summed E-state index contributed by atoms with van der Waals surface area (Å²) in [4.78, 5) is 0. The second kappa shape index (κ2) is 3.08. The van der Waals surface area contributed by atoms with Crippen molar-refractivity contribution in [3.05, 3.63) is 33.8 Å². The molecule has 1 saturated heterocycles. The second-order valence-corrected chi connectivity index (χ2v) is 4.69. The number of benzene rings is 1. The molecule has 0 bridgehead atoms. The topological polar surface area (TPSA) is 38.0 Å². The average Bonchev–Trinajstić information content (AvgIpc) is 1.98. The van der Waals surface area contributed by atoms with Crippen LogP contribution in [0.3, 0.4) is 0 Å². The number of hydrogen-bond donors (Lipinski definition) is 2. The number of hydrogen-bond acceptors (Lipinski definition) is 2. The van der Waals surface area contributed by atoms with Crippen molar-refractivity contribution in [3.63, 3.8) is 0 Å². The van der Waals surface area contributed by atoms with E-state index >= 15 is 0 Å². The molecule has 3 heteroatoms. The van der Waals surface area contributed by atoms with Crippen LogP contribution in [0.4, 0.5) is 0 Å². The first kappa shape index (κ1) is 9.19. The maximum Gasteiger partial charge on any atom is 0.0662 e. The highest BCUT2D eigenvalue weighted by Gasteiger charge is 2.34. The van der Waals surface area contributed by atoms with Gasteiger partial charge < -0.3 is 11.1 Å². The predicted molar refractivity (Wildman–Crippen MR) is 57.6 cm³/mol. The molecule has 0 saturated carbocycles. The van der Waals surface area contributed by atoms with E-state index in [-0.39, 0.29) is 5.54 Å². The Hall–Kier alpha value is -0.380. The van der Waals surface area contributed by atoms with E-state index in [1.165, 1.54) is 11.1 Å². The smallest absolute Gasteiger partial charge is 0.0662 e.